The first-order valence-electron chi connectivity index (χ1n) is 6.53. The van der Waals surface area contributed by atoms with Crippen molar-refractivity contribution in [2.45, 2.75) is 51.6 Å². The molecule has 1 atom stereocenters. The zero-order chi connectivity index (χ0) is 14.4. The summed E-state index contributed by atoms with van der Waals surface area (Å²) in [5, 5.41) is 0. The monoisotopic (exact) mass is 298 g/mol. The summed E-state index contributed by atoms with van der Waals surface area (Å²) in [5.41, 5.74) is -1.88. The molecule has 0 spiro atoms. The van der Waals surface area contributed by atoms with E-state index in [-0.39, 0.29) is 19.6 Å². The van der Waals surface area contributed by atoms with Gasteiger partial charge in [0.2, 0.25) is 0 Å². The highest BCUT2D eigenvalue weighted by molar-refractivity contribution is 7.48. The Kier molecular flexibility index (Phi) is 6.60. The topological polar surface area (TPSA) is 44.8 Å². The minimum atomic E-state index is -3.96. The number of rotatable bonds is 7. The van der Waals surface area contributed by atoms with Crippen molar-refractivity contribution in [2.75, 3.05) is 13.2 Å². The molecule has 1 aliphatic rings. The van der Waals surface area contributed by atoms with Gasteiger partial charge in [-0.05, 0) is 39.5 Å². The van der Waals surface area contributed by atoms with Crippen LogP contribution in [0, 0.1) is 0 Å². The van der Waals surface area contributed by atoms with Gasteiger partial charge in [0.05, 0.1) is 13.2 Å². The van der Waals surface area contributed by atoms with Gasteiger partial charge in [0.1, 0.15) is 0 Å². The molecule has 0 fully saturated rings. The Bertz CT molecular complexity index is 339. The van der Waals surface area contributed by atoms with Crippen molar-refractivity contribution in [3.8, 4) is 0 Å². The predicted molar refractivity (Wildman–Crippen MR) is 68.3 cm³/mol. The van der Waals surface area contributed by atoms with Gasteiger partial charge < -0.3 is 0 Å². The van der Waals surface area contributed by atoms with Gasteiger partial charge in [0.15, 0.2) is 5.60 Å². The molecule has 112 valence electrons. The van der Waals surface area contributed by atoms with Crippen LogP contribution in [0.5, 0.6) is 0 Å². The third-order valence-electron chi connectivity index (χ3n) is 2.81. The van der Waals surface area contributed by atoms with Crippen molar-refractivity contribution in [1.82, 2.24) is 0 Å². The maximum Gasteiger partial charge on any atom is 0.475 e. The summed E-state index contributed by atoms with van der Waals surface area (Å²) < 4.78 is 54.0. The quantitative estimate of drug-likeness (QED) is 0.518. The minimum Gasteiger partial charge on any atom is -0.287 e. The van der Waals surface area contributed by atoms with Crippen molar-refractivity contribution >= 4 is 7.82 Å². The number of hydrogen-bond acceptors (Lipinski definition) is 4. The molecule has 0 N–H and O–H groups in total. The first-order valence-corrected chi connectivity index (χ1v) is 8.00. The van der Waals surface area contributed by atoms with E-state index in [9.17, 15) is 13.3 Å². The second-order valence-corrected chi connectivity index (χ2v) is 5.87. The molecular formula is C12H21F2O4P. The summed E-state index contributed by atoms with van der Waals surface area (Å²) >= 11 is 0. The van der Waals surface area contributed by atoms with Crippen LogP contribution in [0.25, 0.3) is 0 Å². The SMILES string of the molecule is CCOP(=O)(OCC)OC1(C(F)F)C=CCCCC1. The van der Waals surface area contributed by atoms with Crippen LogP contribution < -0.4 is 0 Å². The van der Waals surface area contributed by atoms with Crippen LogP contribution in [-0.2, 0) is 18.1 Å². The third kappa shape index (κ3) is 4.63. The Morgan fingerprint density at radius 2 is 1.89 bits per heavy atom. The summed E-state index contributed by atoms with van der Waals surface area (Å²) in [6, 6.07) is 0. The molecule has 0 aliphatic heterocycles. The molecular weight excluding hydrogens is 277 g/mol. The fourth-order valence-electron chi connectivity index (χ4n) is 1.94. The largest absolute Gasteiger partial charge is 0.475 e. The first kappa shape index (κ1) is 16.8. The molecule has 1 rings (SSSR count). The molecule has 1 unspecified atom stereocenters. The molecule has 0 aromatic rings. The molecule has 4 nitrogen and oxygen atoms in total. The lowest BCUT2D eigenvalue weighted by Gasteiger charge is -2.32. The number of hydrogen-bond donors (Lipinski definition) is 0. The number of halogens is 2. The van der Waals surface area contributed by atoms with E-state index in [0.29, 0.717) is 12.8 Å². The fraction of sp³-hybridized carbons (Fsp3) is 0.833. The van der Waals surface area contributed by atoms with Gasteiger partial charge >= 0.3 is 7.82 Å². The normalized spacial score (nSPS) is 24.7. The van der Waals surface area contributed by atoms with E-state index in [2.05, 4.69) is 0 Å². The Labute approximate surface area is 112 Å². The number of phosphoric ester groups is 1. The second-order valence-electron chi connectivity index (χ2n) is 4.28. The number of alkyl halides is 2. The molecule has 0 aromatic heterocycles. The number of phosphoric acid groups is 1. The van der Waals surface area contributed by atoms with E-state index in [1.54, 1.807) is 19.9 Å². The highest BCUT2D eigenvalue weighted by Crippen LogP contribution is 2.55. The van der Waals surface area contributed by atoms with Crippen LogP contribution in [0.15, 0.2) is 12.2 Å². The second kappa shape index (κ2) is 7.48. The summed E-state index contributed by atoms with van der Waals surface area (Å²) in [6.45, 7) is 3.35. The maximum absolute atomic E-state index is 13.4. The van der Waals surface area contributed by atoms with Gasteiger partial charge in [-0.3, -0.25) is 13.6 Å². The molecule has 1 aliphatic carbocycles. The lowest BCUT2D eigenvalue weighted by Crippen LogP contribution is -2.37. The minimum absolute atomic E-state index is 0.0698. The average molecular weight is 298 g/mol. The van der Waals surface area contributed by atoms with E-state index in [1.807, 2.05) is 0 Å². The standard InChI is InChI=1S/C12H21F2O4P/c1-3-16-19(15,17-4-2)18-12(11(13)14)9-7-5-6-8-10-12/h7,9,11H,3-6,8,10H2,1-2H3. The van der Waals surface area contributed by atoms with Crippen molar-refractivity contribution in [3.05, 3.63) is 12.2 Å². The van der Waals surface area contributed by atoms with Crippen LogP contribution >= 0.6 is 7.82 Å². The van der Waals surface area contributed by atoms with Crippen LogP contribution in [0.3, 0.4) is 0 Å². The zero-order valence-corrected chi connectivity index (χ0v) is 12.2. The Morgan fingerprint density at radius 3 is 2.42 bits per heavy atom. The fourth-order valence-corrected chi connectivity index (χ4v) is 3.40. The van der Waals surface area contributed by atoms with E-state index in [1.165, 1.54) is 6.08 Å². The van der Waals surface area contributed by atoms with Crippen LogP contribution in [0.4, 0.5) is 8.78 Å². The highest BCUT2D eigenvalue weighted by Gasteiger charge is 2.46. The predicted octanol–water partition coefficient (Wildman–Crippen LogP) is 4.32. The number of allylic oxidation sites excluding steroid dienone is 1. The zero-order valence-electron chi connectivity index (χ0n) is 11.3. The molecule has 0 saturated heterocycles. The van der Waals surface area contributed by atoms with Gasteiger partial charge in [0.25, 0.3) is 6.43 Å². The summed E-state index contributed by atoms with van der Waals surface area (Å²) in [4.78, 5) is 0. The third-order valence-corrected chi connectivity index (χ3v) is 4.53. The maximum atomic E-state index is 13.4. The van der Waals surface area contributed by atoms with Crippen molar-refractivity contribution in [1.29, 1.82) is 0 Å². The van der Waals surface area contributed by atoms with Crippen molar-refractivity contribution < 1.29 is 26.9 Å². The molecule has 7 heteroatoms. The van der Waals surface area contributed by atoms with Gasteiger partial charge in [-0.2, -0.15) is 0 Å². The summed E-state index contributed by atoms with van der Waals surface area (Å²) in [7, 11) is -3.96. The highest BCUT2D eigenvalue weighted by atomic mass is 31.2. The van der Waals surface area contributed by atoms with E-state index >= 15 is 0 Å². The van der Waals surface area contributed by atoms with Gasteiger partial charge in [-0.25, -0.2) is 13.3 Å². The smallest absolute Gasteiger partial charge is 0.287 e. The summed E-state index contributed by atoms with van der Waals surface area (Å²) in [6.07, 6.45) is 2.36. The van der Waals surface area contributed by atoms with Gasteiger partial charge in [-0.15, -0.1) is 0 Å². The molecule has 0 saturated carbocycles. The van der Waals surface area contributed by atoms with Crippen molar-refractivity contribution in [3.63, 3.8) is 0 Å². The van der Waals surface area contributed by atoms with Crippen molar-refractivity contribution in [2.24, 2.45) is 0 Å². The Morgan fingerprint density at radius 1 is 1.26 bits per heavy atom. The van der Waals surface area contributed by atoms with Gasteiger partial charge in [-0.1, -0.05) is 12.2 Å². The van der Waals surface area contributed by atoms with E-state index in [0.717, 1.165) is 6.42 Å². The van der Waals surface area contributed by atoms with Gasteiger partial charge in [0, 0.05) is 0 Å². The van der Waals surface area contributed by atoms with E-state index < -0.39 is 19.8 Å². The van der Waals surface area contributed by atoms with Crippen LogP contribution in [0.1, 0.15) is 39.5 Å². The summed E-state index contributed by atoms with van der Waals surface area (Å²) in [5.74, 6) is 0. The lowest BCUT2D eigenvalue weighted by molar-refractivity contribution is -0.0699. The van der Waals surface area contributed by atoms with Crippen LogP contribution in [0.2, 0.25) is 0 Å². The first-order chi connectivity index (χ1) is 8.98. The molecule has 0 amide bonds. The molecule has 0 aromatic carbocycles. The molecule has 0 bridgehead atoms. The molecule has 0 radical (unpaired) electrons. The molecule has 0 heterocycles. The lowest BCUT2D eigenvalue weighted by atomic mass is 9.99. The average Bonchev–Trinajstić information content (AvgIpc) is 2.56. The Hall–Kier alpha value is -0.290. The molecule has 19 heavy (non-hydrogen) atoms. The Balaban J connectivity index is 2.95. The van der Waals surface area contributed by atoms with E-state index in [4.69, 9.17) is 13.6 Å². The van der Waals surface area contributed by atoms with Crippen LogP contribution in [-0.4, -0.2) is 25.2 Å².